The first kappa shape index (κ1) is 27.0. The molecule has 2 heterocycles. The predicted molar refractivity (Wildman–Crippen MR) is 142 cm³/mol. The summed E-state index contributed by atoms with van der Waals surface area (Å²) >= 11 is 11.9. The third-order valence-corrected chi connectivity index (χ3v) is 8.12. The van der Waals surface area contributed by atoms with Gasteiger partial charge in [-0.05, 0) is 49.4 Å². The van der Waals surface area contributed by atoms with Gasteiger partial charge in [-0.15, -0.1) is 0 Å². The van der Waals surface area contributed by atoms with E-state index in [1.54, 1.807) is 19.1 Å². The van der Waals surface area contributed by atoms with Crippen molar-refractivity contribution in [3.63, 3.8) is 0 Å². The Morgan fingerprint density at radius 3 is 2.46 bits per heavy atom. The van der Waals surface area contributed by atoms with Gasteiger partial charge in [-0.2, -0.15) is 10.2 Å². The largest absolute Gasteiger partial charge is 0.381 e. The summed E-state index contributed by atoms with van der Waals surface area (Å²) in [7, 11) is -4.01. The Kier molecular flexibility index (Phi) is 7.06. The van der Waals surface area contributed by atoms with Gasteiger partial charge in [0.1, 0.15) is 29.9 Å². The first-order valence-corrected chi connectivity index (χ1v) is 13.7. The van der Waals surface area contributed by atoms with E-state index in [0.717, 1.165) is 6.07 Å². The highest BCUT2D eigenvalue weighted by atomic mass is 35.5. The van der Waals surface area contributed by atoms with Crippen molar-refractivity contribution in [3.8, 4) is 0 Å². The fourth-order valence-electron chi connectivity index (χ4n) is 4.37. The Balaban J connectivity index is 1.51. The first-order chi connectivity index (χ1) is 18.5. The summed E-state index contributed by atoms with van der Waals surface area (Å²) in [6.07, 6.45) is 4.12. The molecule has 5 rings (SSSR count). The Bertz CT molecular complexity index is 1760. The van der Waals surface area contributed by atoms with Crippen molar-refractivity contribution in [2.75, 3.05) is 4.72 Å². The summed E-state index contributed by atoms with van der Waals surface area (Å²) in [5.74, 6) is -1.72. The molecule has 3 aromatic carbocycles. The zero-order valence-corrected chi connectivity index (χ0v) is 22.5. The van der Waals surface area contributed by atoms with E-state index >= 15 is 0 Å². The lowest BCUT2D eigenvalue weighted by atomic mass is 9.86. The number of hydrogen-bond acceptors (Lipinski definition) is 6. The molecule has 0 saturated carbocycles. The first-order valence-electron chi connectivity index (χ1n) is 11.4. The van der Waals surface area contributed by atoms with Crippen LogP contribution < -0.4 is 4.72 Å². The minimum absolute atomic E-state index is 0.107. The topological polar surface area (TPSA) is 115 Å². The van der Waals surface area contributed by atoms with E-state index in [4.69, 9.17) is 23.2 Å². The van der Waals surface area contributed by atoms with Gasteiger partial charge in [0, 0.05) is 32.7 Å². The van der Waals surface area contributed by atoms with Crippen molar-refractivity contribution < 1.29 is 22.3 Å². The number of halogens is 4. The number of anilines is 1. The van der Waals surface area contributed by atoms with Crippen molar-refractivity contribution in [3.05, 3.63) is 101 Å². The third kappa shape index (κ3) is 5.33. The molecular weight excluding hydrogens is 573 g/mol. The van der Waals surface area contributed by atoms with Crippen molar-refractivity contribution in [1.82, 2.24) is 24.5 Å². The maximum Gasteiger partial charge on any atom is 0.261 e. The van der Waals surface area contributed by atoms with Crippen LogP contribution in [-0.4, -0.2) is 38.1 Å². The van der Waals surface area contributed by atoms with Gasteiger partial charge >= 0.3 is 0 Å². The second-order valence-electron chi connectivity index (χ2n) is 8.89. The van der Waals surface area contributed by atoms with Crippen molar-refractivity contribution >= 4 is 49.8 Å². The fraction of sp³-hybridized carbons (Fsp3) is 0.160. The zero-order chi connectivity index (χ0) is 27.9. The smallest absolute Gasteiger partial charge is 0.261 e. The molecule has 0 bridgehead atoms. The van der Waals surface area contributed by atoms with E-state index in [2.05, 4.69) is 19.9 Å². The highest BCUT2D eigenvalue weighted by molar-refractivity contribution is 7.92. The summed E-state index contributed by atoms with van der Waals surface area (Å²) in [5.41, 5.74) is -1.32. The molecule has 9 nitrogen and oxygen atoms in total. The molecule has 0 fully saturated rings. The summed E-state index contributed by atoms with van der Waals surface area (Å²) in [4.78, 5) is 3.77. The molecule has 2 aromatic heterocycles. The summed E-state index contributed by atoms with van der Waals surface area (Å²) in [6.45, 7) is 1.42. The molecule has 2 N–H and O–H groups in total. The lowest BCUT2D eigenvalue weighted by molar-refractivity contribution is -0.0354. The van der Waals surface area contributed by atoms with Gasteiger partial charge in [0.05, 0.1) is 29.2 Å². The van der Waals surface area contributed by atoms with E-state index in [-0.39, 0.29) is 32.7 Å². The predicted octanol–water partition coefficient (Wildman–Crippen LogP) is 5.16. The second kappa shape index (κ2) is 10.2. The zero-order valence-electron chi connectivity index (χ0n) is 20.1. The minimum Gasteiger partial charge on any atom is -0.381 e. The van der Waals surface area contributed by atoms with E-state index in [9.17, 15) is 22.3 Å². The highest BCUT2D eigenvalue weighted by Crippen LogP contribution is 2.38. The van der Waals surface area contributed by atoms with Crippen LogP contribution >= 0.6 is 23.2 Å². The highest BCUT2D eigenvalue weighted by Gasteiger charge is 2.41. The summed E-state index contributed by atoms with van der Waals surface area (Å²) < 4.78 is 59.7. The van der Waals surface area contributed by atoms with Crippen LogP contribution in [0.15, 0.2) is 78.3 Å². The number of rotatable bonds is 8. The average molecular weight is 593 g/mol. The maximum atomic E-state index is 14.9. The van der Waals surface area contributed by atoms with E-state index < -0.39 is 33.3 Å². The van der Waals surface area contributed by atoms with Crippen LogP contribution in [0.1, 0.15) is 18.5 Å². The van der Waals surface area contributed by atoms with E-state index in [1.807, 2.05) is 0 Å². The molecule has 0 aliphatic heterocycles. The number of aliphatic hydroxyl groups is 1. The normalized spacial score (nSPS) is 14.3. The van der Waals surface area contributed by atoms with Crippen LogP contribution in [-0.2, 0) is 22.2 Å². The van der Waals surface area contributed by atoms with E-state index in [0.29, 0.717) is 17.0 Å². The molecule has 2 unspecified atom stereocenters. The number of hydrogen-bond donors (Lipinski definition) is 2. The van der Waals surface area contributed by atoms with Crippen LogP contribution in [0.4, 0.5) is 14.5 Å². The fourth-order valence-corrected chi connectivity index (χ4v) is 6.14. The monoisotopic (exact) mass is 592 g/mol. The second-order valence-corrected chi connectivity index (χ2v) is 11.4. The van der Waals surface area contributed by atoms with Crippen LogP contribution in [0.3, 0.4) is 0 Å². The molecule has 202 valence electrons. The van der Waals surface area contributed by atoms with Gasteiger partial charge < -0.3 is 5.11 Å². The minimum atomic E-state index is -4.01. The average Bonchev–Trinajstić information content (AvgIpc) is 3.52. The number of nitrogens with zero attached hydrogens (tertiary/aromatic N) is 5. The molecule has 14 heteroatoms. The Morgan fingerprint density at radius 1 is 1.05 bits per heavy atom. The Hall–Kier alpha value is -3.58. The quantitative estimate of drug-likeness (QED) is 0.257. The molecule has 0 saturated heterocycles. The molecular formula is C25H20Cl2F2N6O3S. The summed E-state index contributed by atoms with van der Waals surface area (Å²) in [5, 5.41) is 21.2. The van der Waals surface area contributed by atoms with Gasteiger partial charge in [-0.25, -0.2) is 26.9 Å². The number of fused-ring (bicyclic) bond motifs is 1. The van der Waals surface area contributed by atoms with Crippen molar-refractivity contribution in [1.29, 1.82) is 0 Å². The molecule has 39 heavy (non-hydrogen) atoms. The Labute approximate surface area is 231 Å². The molecule has 0 amide bonds. The number of aromatic nitrogens is 5. The van der Waals surface area contributed by atoms with Crippen LogP contribution in [0.25, 0.3) is 10.9 Å². The van der Waals surface area contributed by atoms with Gasteiger partial charge in [-0.3, -0.25) is 9.40 Å². The molecule has 0 radical (unpaired) electrons. The lowest BCUT2D eigenvalue weighted by Crippen LogP contribution is -2.41. The Morgan fingerprint density at radius 2 is 1.79 bits per heavy atom. The SMILES string of the molecule is CC(n1ncc2cc(NS(=O)(=O)c3cc(Cl)cc(Cl)c3)ccc21)C(O)(Cn1cncn1)c1ccc(F)cc1F. The number of nitrogens with one attached hydrogen (secondary N) is 1. The van der Waals surface area contributed by atoms with E-state index in [1.165, 1.54) is 58.5 Å². The molecule has 0 aliphatic rings. The van der Waals surface area contributed by atoms with Gasteiger partial charge in [0.25, 0.3) is 10.0 Å². The molecule has 2 atom stereocenters. The van der Waals surface area contributed by atoms with Crippen molar-refractivity contribution in [2.45, 2.75) is 30.0 Å². The molecule has 5 aromatic rings. The lowest BCUT2D eigenvalue weighted by Gasteiger charge is -2.35. The number of benzene rings is 3. The van der Waals surface area contributed by atoms with Gasteiger partial charge in [-0.1, -0.05) is 29.3 Å². The van der Waals surface area contributed by atoms with Crippen LogP contribution in [0, 0.1) is 11.6 Å². The number of sulfonamides is 1. The maximum absolute atomic E-state index is 14.9. The standard InChI is InChI=1S/C25H20Cl2F2N6O3S/c1-15(25(36,12-34-14-30-13-32-34)22-4-2-19(28)10-23(22)29)35-24-5-3-20(6-16(24)11-31-35)33-39(37,38)21-8-17(26)7-18(27)9-21/h2-11,13-15,33,36H,12H2,1H3. The third-order valence-electron chi connectivity index (χ3n) is 6.32. The molecule has 0 spiro atoms. The van der Waals surface area contributed by atoms with Gasteiger partial charge in [0.2, 0.25) is 0 Å². The van der Waals surface area contributed by atoms with Gasteiger partial charge in [0.15, 0.2) is 0 Å². The van der Waals surface area contributed by atoms with Crippen LogP contribution in [0.2, 0.25) is 10.0 Å². The van der Waals surface area contributed by atoms with Crippen molar-refractivity contribution in [2.24, 2.45) is 0 Å². The summed E-state index contributed by atoms with van der Waals surface area (Å²) in [6, 6.07) is 10.7. The van der Waals surface area contributed by atoms with Crippen LogP contribution in [0.5, 0.6) is 0 Å². The molecule has 0 aliphatic carbocycles.